The van der Waals surface area contributed by atoms with E-state index < -0.39 is 0 Å². The molecule has 7 heteroatoms. The van der Waals surface area contributed by atoms with Crippen molar-refractivity contribution in [1.29, 1.82) is 0 Å². The molecule has 0 bridgehead atoms. The number of carbonyl (C=O) groups excluding carboxylic acids is 1. The highest BCUT2D eigenvalue weighted by Gasteiger charge is 2.13. The first kappa shape index (κ1) is 18.0. The van der Waals surface area contributed by atoms with Gasteiger partial charge in [0.15, 0.2) is 0 Å². The van der Waals surface area contributed by atoms with Crippen LogP contribution in [0.4, 0.5) is 11.6 Å². The molecule has 128 valence electrons. The van der Waals surface area contributed by atoms with Crippen molar-refractivity contribution in [3.8, 4) is 5.75 Å². The molecule has 0 fully saturated rings. The molecule has 0 atom stereocenters. The second-order valence-electron chi connectivity index (χ2n) is 5.20. The lowest BCUT2D eigenvalue weighted by Crippen LogP contribution is -2.24. The molecule has 2 rings (SSSR count). The lowest BCUT2D eigenvalue weighted by molar-refractivity contribution is 0.102. The summed E-state index contributed by atoms with van der Waals surface area (Å²) in [7, 11) is 1.53. The van der Waals surface area contributed by atoms with E-state index in [1.165, 1.54) is 19.5 Å². The van der Waals surface area contributed by atoms with Crippen molar-refractivity contribution in [2.45, 2.75) is 20.8 Å². The Morgan fingerprint density at radius 1 is 1.25 bits per heavy atom. The second kappa shape index (κ2) is 7.97. The molecule has 0 radical (unpaired) electrons. The smallest absolute Gasteiger partial charge is 0.258 e. The minimum Gasteiger partial charge on any atom is -0.495 e. The Morgan fingerprint density at radius 3 is 2.42 bits per heavy atom. The van der Waals surface area contributed by atoms with Gasteiger partial charge in [-0.1, -0.05) is 11.6 Å². The number of hydrogen-bond donors (Lipinski definition) is 1. The van der Waals surface area contributed by atoms with E-state index in [0.29, 0.717) is 28.0 Å². The van der Waals surface area contributed by atoms with E-state index in [2.05, 4.69) is 15.3 Å². The van der Waals surface area contributed by atoms with Crippen molar-refractivity contribution in [2.75, 3.05) is 30.4 Å². The van der Waals surface area contributed by atoms with Gasteiger partial charge in [0, 0.05) is 36.6 Å². The Balaban J connectivity index is 2.20. The molecule has 1 aromatic heterocycles. The van der Waals surface area contributed by atoms with E-state index in [4.69, 9.17) is 16.3 Å². The molecule has 0 spiro atoms. The molecule has 2 aromatic rings. The third-order valence-corrected chi connectivity index (χ3v) is 4.08. The Hall–Kier alpha value is -2.34. The number of methoxy groups -OCH3 is 1. The molecule has 1 N–H and O–H groups in total. The van der Waals surface area contributed by atoms with Crippen LogP contribution in [0.1, 0.15) is 29.8 Å². The van der Waals surface area contributed by atoms with Gasteiger partial charge in [0.1, 0.15) is 5.75 Å². The van der Waals surface area contributed by atoms with Crippen LogP contribution in [0.3, 0.4) is 0 Å². The van der Waals surface area contributed by atoms with Crippen LogP contribution in [0.5, 0.6) is 5.75 Å². The largest absolute Gasteiger partial charge is 0.495 e. The van der Waals surface area contributed by atoms with Crippen molar-refractivity contribution in [3.63, 3.8) is 0 Å². The summed E-state index contributed by atoms with van der Waals surface area (Å²) >= 11 is 6.08. The number of anilines is 2. The molecule has 6 nitrogen and oxygen atoms in total. The maximum Gasteiger partial charge on any atom is 0.258 e. The van der Waals surface area contributed by atoms with Gasteiger partial charge >= 0.3 is 0 Å². The van der Waals surface area contributed by atoms with Gasteiger partial charge in [-0.15, -0.1) is 0 Å². The fourth-order valence-corrected chi connectivity index (χ4v) is 2.39. The van der Waals surface area contributed by atoms with Crippen molar-refractivity contribution >= 4 is 29.1 Å². The maximum atomic E-state index is 12.4. The molecule has 0 aliphatic carbocycles. The number of ether oxygens (including phenoxy) is 1. The number of nitrogens with one attached hydrogen (secondary N) is 1. The number of rotatable bonds is 6. The summed E-state index contributed by atoms with van der Waals surface area (Å²) in [5.74, 6) is 0.803. The first-order chi connectivity index (χ1) is 11.5. The van der Waals surface area contributed by atoms with Crippen LogP contribution in [0, 0.1) is 6.92 Å². The van der Waals surface area contributed by atoms with Crippen LogP contribution in [-0.4, -0.2) is 36.1 Å². The van der Waals surface area contributed by atoms with Crippen LogP contribution in [-0.2, 0) is 0 Å². The molecule has 0 saturated carbocycles. The summed E-state index contributed by atoms with van der Waals surface area (Å²) in [4.78, 5) is 22.9. The van der Waals surface area contributed by atoms with Crippen LogP contribution >= 0.6 is 11.6 Å². The predicted octanol–water partition coefficient (Wildman–Crippen LogP) is 3.55. The molecule has 1 amide bonds. The minimum atomic E-state index is -0.305. The summed E-state index contributed by atoms with van der Waals surface area (Å²) in [6.07, 6.45) is 3.04. The van der Waals surface area contributed by atoms with Crippen molar-refractivity contribution in [1.82, 2.24) is 9.97 Å². The standard InChI is InChI=1S/C17H21ClN4O2/c1-5-22(6-2)17-19-9-12(10-20-17)16(23)21-14-7-11(3)13(18)8-15(14)24-4/h7-10H,5-6H2,1-4H3,(H,21,23). The average molecular weight is 349 g/mol. The molecule has 0 aliphatic rings. The zero-order chi connectivity index (χ0) is 17.7. The third kappa shape index (κ3) is 3.94. The lowest BCUT2D eigenvalue weighted by atomic mass is 10.2. The quantitative estimate of drug-likeness (QED) is 0.864. The fraction of sp³-hybridized carbons (Fsp3) is 0.353. The monoisotopic (exact) mass is 348 g/mol. The van der Waals surface area contributed by atoms with E-state index >= 15 is 0 Å². The first-order valence-corrected chi connectivity index (χ1v) is 8.10. The number of benzene rings is 1. The topological polar surface area (TPSA) is 67.4 Å². The zero-order valence-electron chi connectivity index (χ0n) is 14.3. The van der Waals surface area contributed by atoms with Crippen LogP contribution in [0.2, 0.25) is 5.02 Å². The normalized spacial score (nSPS) is 10.4. The summed E-state index contributed by atoms with van der Waals surface area (Å²) in [6, 6.07) is 3.44. The van der Waals surface area contributed by atoms with Gasteiger partial charge in [-0.05, 0) is 32.4 Å². The summed E-state index contributed by atoms with van der Waals surface area (Å²) < 4.78 is 5.26. The van der Waals surface area contributed by atoms with E-state index in [1.807, 2.05) is 25.7 Å². The minimum absolute atomic E-state index is 0.305. The van der Waals surface area contributed by atoms with Gasteiger partial charge in [-0.2, -0.15) is 0 Å². The zero-order valence-corrected chi connectivity index (χ0v) is 15.0. The Bertz CT molecular complexity index is 715. The average Bonchev–Trinajstić information content (AvgIpc) is 2.59. The van der Waals surface area contributed by atoms with Crippen molar-refractivity contribution in [2.24, 2.45) is 0 Å². The number of hydrogen-bond acceptors (Lipinski definition) is 5. The van der Waals surface area contributed by atoms with Gasteiger partial charge in [-0.3, -0.25) is 4.79 Å². The number of amides is 1. The highest BCUT2D eigenvalue weighted by molar-refractivity contribution is 6.31. The molecule has 1 heterocycles. The Morgan fingerprint density at radius 2 is 1.88 bits per heavy atom. The molecule has 0 saturated heterocycles. The number of nitrogens with zero attached hydrogens (tertiary/aromatic N) is 3. The van der Waals surface area contributed by atoms with Crippen molar-refractivity contribution in [3.05, 3.63) is 40.7 Å². The Kier molecular flexibility index (Phi) is 5.98. The van der Waals surface area contributed by atoms with Gasteiger partial charge in [0.2, 0.25) is 5.95 Å². The molecule has 0 unspecified atom stereocenters. The number of aryl methyl sites for hydroxylation is 1. The highest BCUT2D eigenvalue weighted by atomic mass is 35.5. The van der Waals surface area contributed by atoms with E-state index in [1.54, 1.807) is 12.1 Å². The first-order valence-electron chi connectivity index (χ1n) is 7.72. The lowest BCUT2D eigenvalue weighted by Gasteiger charge is -2.18. The fourth-order valence-electron chi connectivity index (χ4n) is 2.23. The molecule has 24 heavy (non-hydrogen) atoms. The summed E-state index contributed by atoms with van der Waals surface area (Å²) in [5, 5.41) is 3.39. The van der Waals surface area contributed by atoms with E-state index in [-0.39, 0.29) is 5.91 Å². The third-order valence-electron chi connectivity index (χ3n) is 3.68. The number of aromatic nitrogens is 2. The van der Waals surface area contributed by atoms with Gasteiger partial charge in [0.25, 0.3) is 5.91 Å². The maximum absolute atomic E-state index is 12.4. The van der Waals surface area contributed by atoms with Crippen LogP contribution in [0.15, 0.2) is 24.5 Å². The highest BCUT2D eigenvalue weighted by Crippen LogP contribution is 2.31. The molecule has 0 aliphatic heterocycles. The van der Waals surface area contributed by atoms with Crippen LogP contribution in [0.25, 0.3) is 0 Å². The predicted molar refractivity (Wildman–Crippen MR) is 96.3 cm³/mol. The summed E-state index contributed by atoms with van der Waals surface area (Å²) in [6.45, 7) is 7.54. The molecule has 1 aromatic carbocycles. The second-order valence-corrected chi connectivity index (χ2v) is 5.61. The van der Waals surface area contributed by atoms with Gasteiger partial charge < -0.3 is 15.0 Å². The Labute approximate surface area is 146 Å². The van der Waals surface area contributed by atoms with Gasteiger partial charge in [-0.25, -0.2) is 9.97 Å². The SMILES string of the molecule is CCN(CC)c1ncc(C(=O)Nc2cc(C)c(Cl)cc2OC)cn1. The van der Waals surface area contributed by atoms with Crippen LogP contribution < -0.4 is 15.0 Å². The van der Waals surface area contributed by atoms with E-state index in [0.717, 1.165) is 18.7 Å². The number of halogens is 1. The number of carbonyl (C=O) groups is 1. The molecular formula is C17H21ClN4O2. The molecular weight excluding hydrogens is 328 g/mol. The summed E-state index contributed by atoms with van der Waals surface area (Å²) in [5.41, 5.74) is 1.78. The van der Waals surface area contributed by atoms with E-state index in [9.17, 15) is 4.79 Å². The van der Waals surface area contributed by atoms with Crippen molar-refractivity contribution < 1.29 is 9.53 Å². The van der Waals surface area contributed by atoms with Gasteiger partial charge in [0.05, 0.1) is 18.4 Å².